The summed E-state index contributed by atoms with van der Waals surface area (Å²) in [5.74, 6) is -0.0418. The van der Waals surface area contributed by atoms with Gasteiger partial charge in [0.15, 0.2) is 0 Å². The van der Waals surface area contributed by atoms with Crippen molar-refractivity contribution in [1.82, 2.24) is 9.97 Å². The van der Waals surface area contributed by atoms with E-state index in [1.165, 1.54) is 19.4 Å². The second-order valence-corrected chi connectivity index (χ2v) is 9.44. The maximum Gasteiger partial charge on any atom is 0.263 e. The number of rotatable bonds is 9. The molecule has 3 aromatic carbocycles. The summed E-state index contributed by atoms with van der Waals surface area (Å²) in [7, 11) is -2.72. The molecule has 1 N–H and O–H groups in total. The van der Waals surface area contributed by atoms with Crippen LogP contribution < -0.4 is 14.5 Å². The van der Waals surface area contributed by atoms with Crippen LogP contribution in [0.1, 0.15) is 5.56 Å². The number of ether oxygens (including phenoxy) is 1. The van der Waals surface area contributed by atoms with Crippen LogP contribution in [0.3, 0.4) is 0 Å². The summed E-state index contributed by atoms with van der Waals surface area (Å²) in [5, 5.41) is 1.99. The molecule has 0 aliphatic carbocycles. The molecule has 1 heterocycles. The first kappa shape index (κ1) is 23.6. The number of fused-ring (bicyclic) bond motifs is 1. The van der Waals surface area contributed by atoms with Crippen molar-refractivity contribution in [3.8, 4) is 5.88 Å². The van der Waals surface area contributed by atoms with Crippen molar-refractivity contribution in [3.63, 3.8) is 0 Å². The van der Waals surface area contributed by atoms with Crippen LogP contribution in [-0.2, 0) is 26.3 Å². The molecule has 0 aliphatic rings. The zero-order valence-corrected chi connectivity index (χ0v) is 20.3. The SMILES string of the molecule is COc1nc(Br)cnc1NS(=O)(=O)c1cccc2c(N(C=O)OCc3ccccc3)cccc12. The number of hydroxylamine groups is 1. The van der Waals surface area contributed by atoms with Crippen LogP contribution in [0.2, 0.25) is 0 Å². The van der Waals surface area contributed by atoms with Gasteiger partial charge in [-0.1, -0.05) is 54.6 Å². The molecule has 1 aromatic heterocycles. The summed E-state index contributed by atoms with van der Waals surface area (Å²) in [5.41, 5.74) is 1.29. The summed E-state index contributed by atoms with van der Waals surface area (Å²) in [4.78, 5) is 25.6. The summed E-state index contributed by atoms with van der Waals surface area (Å²) in [6.45, 7) is 0.164. The summed E-state index contributed by atoms with van der Waals surface area (Å²) in [6.07, 6.45) is 1.90. The molecule has 0 unspecified atom stereocenters. The van der Waals surface area contributed by atoms with E-state index in [-0.39, 0.29) is 23.2 Å². The molecule has 0 aliphatic heterocycles. The molecule has 0 bridgehead atoms. The van der Waals surface area contributed by atoms with Crippen LogP contribution in [-0.4, -0.2) is 31.9 Å². The lowest BCUT2D eigenvalue weighted by atomic mass is 10.1. The van der Waals surface area contributed by atoms with Crippen molar-refractivity contribution in [2.45, 2.75) is 11.5 Å². The molecule has 11 heteroatoms. The maximum absolute atomic E-state index is 13.3. The van der Waals surface area contributed by atoms with Crippen molar-refractivity contribution in [2.24, 2.45) is 0 Å². The third-order valence-electron chi connectivity index (χ3n) is 4.83. The van der Waals surface area contributed by atoms with Crippen LogP contribution in [0.25, 0.3) is 10.8 Å². The van der Waals surface area contributed by atoms with Crippen LogP contribution in [0.5, 0.6) is 5.88 Å². The molecule has 174 valence electrons. The van der Waals surface area contributed by atoms with Crippen molar-refractivity contribution in [1.29, 1.82) is 0 Å². The standard InChI is InChI=1S/C23H19BrN4O5S/c1-32-23-22(25-13-21(24)26-23)27-34(30,31)20-12-6-9-17-18(20)10-5-11-19(17)28(15-29)33-14-16-7-3-2-4-8-16/h2-13,15H,14H2,1H3,(H,25,27). The highest BCUT2D eigenvalue weighted by Crippen LogP contribution is 2.32. The number of aromatic nitrogens is 2. The molecule has 4 rings (SSSR count). The van der Waals surface area contributed by atoms with E-state index in [2.05, 4.69) is 30.6 Å². The van der Waals surface area contributed by atoms with E-state index < -0.39 is 10.0 Å². The van der Waals surface area contributed by atoms with Gasteiger partial charge in [0.2, 0.25) is 12.2 Å². The number of nitrogens with one attached hydrogen (secondary N) is 1. The Labute approximate surface area is 204 Å². The van der Waals surface area contributed by atoms with Gasteiger partial charge in [0, 0.05) is 10.8 Å². The fraction of sp³-hybridized carbons (Fsp3) is 0.0870. The molecule has 9 nitrogen and oxygen atoms in total. The van der Waals surface area contributed by atoms with Gasteiger partial charge in [0.25, 0.3) is 15.9 Å². The maximum atomic E-state index is 13.3. The number of sulfonamides is 1. The van der Waals surface area contributed by atoms with Gasteiger partial charge in [-0.05, 0) is 33.6 Å². The van der Waals surface area contributed by atoms with E-state index in [1.807, 2.05) is 30.3 Å². The average Bonchev–Trinajstić information content (AvgIpc) is 2.85. The van der Waals surface area contributed by atoms with Gasteiger partial charge in [-0.3, -0.25) is 14.4 Å². The minimum Gasteiger partial charge on any atom is -0.478 e. The fourth-order valence-electron chi connectivity index (χ4n) is 3.31. The molecule has 1 amide bonds. The van der Waals surface area contributed by atoms with Gasteiger partial charge >= 0.3 is 0 Å². The normalized spacial score (nSPS) is 11.2. The van der Waals surface area contributed by atoms with Crippen molar-refractivity contribution in [3.05, 3.63) is 83.1 Å². The molecule has 0 atom stereocenters. The van der Waals surface area contributed by atoms with Gasteiger partial charge in [-0.25, -0.2) is 18.4 Å². The monoisotopic (exact) mass is 542 g/mol. The number of benzene rings is 3. The highest BCUT2D eigenvalue weighted by atomic mass is 79.9. The molecule has 0 saturated heterocycles. The number of methoxy groups -OCH3 is 1. The Bertz CT molecular complexity index is 1430. The fourth-order valence-corrected chi connectivity index (χ4v) is 4.81. The van der Waals surface area contributed by atoms with Crippen LogP contribution in [0.15, 0.2) is 82.4 Å². The number of amides is 1. The average molecular weight is 543 g/mol. The molecule has 4 aromatic rings. The summed E-state index contributed by atoms with van der Waals surface area (Å²) >= 11 is 3.17. The number of halogens is 1. The number of hydrogen-bond donors (Lipinski definition) is 1. The zero-order valence-electron chi connectivity index (χ0n) is 17.9. The highest BCUT2D eigenvalue weighted by Gasteiger charge is 2.22. The third-order valence-corrected chi connectivity index (χ3v) is 6.61. The lowest BCUT2D eigenvalue weighted by molar-refractivity contribution is -0.114. The first-order valence-electron chi connectivity index (χ1n) is 9.95. The zero-order chi connectivity index (χ0) is 24.1. The van der Waals surface area contributed by atoms with Gasteiger partial charge in [0.1, 0.15) is 11.2 Å². The van der Waals surface area contributed by atoms with Crippen molar-refractivity contribution < 1.29 is 22.8 Å². The number of hydrogen-bond acceptors (Lipinski definition) is 7. The minimum atomic E-state index is -4.09. The largest absolute Gasteiger partial charge is 0.478 e. The van der Waals surface area contributed by atoms with E-state index >= 15 is 0 Å². The third kappa shape index (κ3) is 5.01. The second kappa shape index (κ2) is 10.2. The summed E-state index contributed by atoms with van der Waals surface area (Å²) in [6, 6.07) is 19.1. The Morgan fingerprint density at radius 2 is 1.76 bits per heavy atom. The van der Waals surface area contributed by atoms with E-state index in [0.717, 1.165) is 10.6 Å². The van der Waals surface area contributed by atoms with E-state index in [1.54, 1.807) is 30.3 Å². The number of anilines is 2. The lowest BCUT2D eigenvalue weighted by Crippen LogP contribution is -2.22. The molecule has 0 saturated carbocycles. The minimum absolute atomic E-state index is 0.00692. The Morgan fingerprint density at radius 1 is 1.03 bits per heavy atom. The van der Waals surface area contributed by atoms with Gasteiger partial charge in [-0.2, -0.15) is 5.06 Å². The predicted molar refractivity (Wildman–Crippen MR) is 131 cm³/mol. The molecule has 0 fully saturated rings. The van der Waals surface area contributed by atoms with Crippen LogP contribution in [0.4, 0.5) is 11.5 Å². The lowest BCUT2D eigenvalue weighted by Gasteiger charge is -2.20. The predicted octanol–water partition coefficient (Wildman–Crippen LogP) is 4.30. The van der Waals surface area contributed by atoms with E-state index in [4.69, 9.17) is 9.57 Å². The molecular weight excluding hydrogens is 524 g/mol. The summed E-state index contributed by atoms with van der Waals surface area (Å²) < 4.78 is 34.5. The Hall–Kier alpha value is -3.54. The van der Waals surface area contributed by atoms with Gasteiger partial charge < -0.3 is 4.74 Å². The molecule has 34 heavy (non-hydrogen) atoms. The van der Waals surface area contributed by atoms with Crippen molar-refractivity contribution >= 4 is 54.6 Å². The van der Waals surface area contributed by atoms with Crippen LogP contribution >= 0.6 is 15.9 Å². The highest BCUT2D eigenvalue weighted by molar-refractivity contribution is 9.10. The molecular formula is C23H19BrN4O5S. The molecule has 0 radical (unpaired) electrons. The Morgan fingerprint density at radius 3 is 2.50 bits per heavy atom. The first-order chi connectivity index (χ1) is 16.4. The van der Waals surface area contributed by atoms with Crippen molar-refractivity contribution in [2.75, 3.05) is 16.9 Å². The topological polar surface area (TPSA) is 111 Å². The van der Waals surface area contributed by atoms with Gasteiger partial charge in [0.05, 0.1) is 23.9 Å². The Balaban J connectivity index is 1.70. The Kier molecular flexibility index (Phi) is 7.06. The number of nitrogens with zero attached hydrogens (tertiary/aromatic N) is 3. The molecule has 0 spiro atoms. The first-order valence-corrected chi connectivity index (χ1v) is 12.2. The van der Waals surface area contributed by atoms with Gasteiger partial charge in [-0.15, -0.1) is 0 Å². The van der Waals surface area contributed by atoms with E-state index in [0.29, 0.717) is 27.5 Å². The smallest absolute Gasteiger partial charge is 0.263 e. The van der Waals surface area contributed by atoms with E-state index in [9.17, 15) is 13.2 Å². The quantitative estimate of drug-likeness (QED) is 0.248. The number of carbonyl (C=O) groups is 1. The second-order valence-electron chi connectivity index (χ2n) is 6.97. The number of carbonyl (C=O) groups excluding carboxylic acids is 1. The van der Waals surface area contributed by atoms with Crippen LogP contribution in [0, 0.1) is 0 Å².